The highest BCUT2D eigenvalue weighted by atomic mass is 15.0. The predicted molar refractivity (Wildman–Crippen MR) is 48.8 cm³/mol. The number of nitrogens with zero attached hydrogens (tertiary/aromatic N) is 1. The van der Waals surface area contributed by atoms with Crippen molar-refractivity contribution in [1.82, 2.24) is 0 Å². The Morgan fingerprint density at radius 3 is 2.50 bits per heavy atom. The predicted octanol–water partition coefficient (Wildman–Crippen LogP) is 3.50. The molecule has 2 aromatic carbocycles. The lowest BCUT2D eigenvalue weighted by molar-refractivity contribution is 1.16. The molecule has 0 aliphatic heterocycles. The van der Waals surface area contributed by atoms with Gasteiger partial charge in [0, 0.05) is 5.39 Å². The second-order valence-electron chi connectivity index (χ2n) is 2.61. The molecule has 0 amide bonds. The fourth-order valence-corrected chi connectivity index (χ4v) is 1.31. The SMILES string of the molecule is N=Nc1cccc2ccccc12. The van der Waals surface area contributed by atoms with Crippen molar-refractivity contribution in [2.45, 2.75) is 0 Å². The highest BCUT2D eigenvalue weighted by molar-refractivity contribution is 5.92. The Kier molecular flexibility index (Phi) is 1.59. The van der Waals surface area contributed by atoms with Gasteiger partial charge < -0.3 is 0 Å². The van der Waals surface area contributed by atoms with Gasteiger partial charge in [0.25, 0.3) is 0 Å². The summed E-state index contributed by atoms with van der Waals surface area (Å²) >= 11 is 0. The maximum atomic E-state index is 6.95. The van der Waals surface area contributed by atoms with Gasteiger partial charge in [-0.1, -0.05) is 36.4 Å². The Labute approximate surface area is 70.3 Å². The van der Waals surface area contributed by atoms with E-state index in [1.54, 1.807) is 0 Å². The molecule has 58 valence electrons. The molecule has 12 heavy (non-hydrogen) atoms. The van der Waals surface area contributed by atoms with Gasteiger partial charge in [-0.15, -0.1) is 0 Å². The van der Waals surface area contributed by atoms with E-state index >= 15 is 0 Å². The van der Waals surface area contributed by atoms with Crippen LogP contribution in [0.2, 0.25) is 0 Å². The van der Waals surface area contributed by atoms with Gasteiger partial charge in [0.2, 0.25) is 0 Å². The summed E-state index contributed by atoms with van der Waals surface area (Å²) in [5.74, 6) is 0. The quantitative estimate of drug-likeness (QED) is 0.613. The van der Waals surface area contributed by atoms with E-state index in [2.05, 4.69) is 5.11 Å². The molecule has 1 N–H and O–H groups in total. The molecule has 0 fully saturated rings. The second kappa shape index (κ2) is 2.74. The minimum atomic E-state index is 0.730. The molecule has 0 aromatic heterocycles. The number of fused-ring (bicyclic) bond motifs is 1. The highest BCUT2D eigenvalue weighted by Crippen LogP contribution is 2.24. The molecular formula is C10H8N2. The maximum absolute atomic E-state index is 6.95. The molecule has 0 spiro atoms. The number of hydrogen-bond acceptors (Lipinski definition) is 2. The van der Waals surface area contributed by atoms with Crippen LogP contribution in [0.25, 0.3) is 10.8 Å². The molecule has 0 heterocycles. The van der Waals surface area contributed by atoms with Crippen molar-refractivity contribution >= 4 is 16.5 Å². The summed E-state index contributed by atoms with van der Waals surface area (Å²) in [5.41, 5.74) is 7.68. The van der Waals surface area contributed by atoms with Crippen molar-refractivity contribution < 1.29 is 0 Å². The zero-order valence-corrected chi connectivity index (χ0v) is 6.49. The normalized spacial score (nSPS) is 10.0. The summed E-state index contributed by atoms with van der Waals surface area (Å²) in [4.78, 5) is 0. The average Bonchev–Trinajstić information content (AvgIpc) is 2.17. The molecule has 0 unspecified atom stereocenters. The molecule has 2 rings (SSSR count). The zero-order valence-electron chi connectivity index (χ0n) is 6.49. The van der Waals surface area contributed by atoms with Gasteiger partial charge in [0.05, 0.1) is 5.69 Å². The van der Waals surface area contributed by atoms with Crippen LogP contribution in [0, 0.1) is 5.53 Å². The van der Waals surface area contributed by atoms with E-state index in [1.165, 1.54) is 0 Å². The van der Waals surface area contributed by atoms with E-state index in [1.807, 2.05) is 42.5 Å². The molecule has 2 aromatic rings. The molecule has 0 radical (unpaired) electrons. The minimum Gasteiger partial charge on any atom is -0.204 e. The smallest absolute Gasteiger partial charge is 0.0928 e. The van der Waals surface area contributed by atoms with E-state index in [-0.39, 0.29) is 0 Å². The standard InChI is InChI=1S/C10H8N2/c11-12-10-7-3-5-8-4-1-2-6-9(8)10/h1-7,11H. The van der Waals surface area contributed by atoms with Crippen molar-refractivity contribution in [2.24, 2.45) is 5.11 Å². The molecule has 0 bridgehead atoms. The third-order valence-electron chi connectivity index (χ3n) is 1.89. The van der Waals surface area contributed by atoms with E-state index in [0.717, 1.165) is 16.5 Å². The van der Waals surface area contributed by atoms with Crippen LogP contribution in [-0.4, -0.2) is 0 Å². The Balaban J connectivity index is 2.88. The number of benzene rings is 2. The maximum Gasteiger partial charge on any atom is 0.0928 e. The van der Waals surface area contributed by atoms with E-state index in [0.29, 0.717) is 0 Å². The molecule has 0 aliphatic rings. The summed E-state index contributed by atoms with van der Waals surface area (Å²) < 4.78 is 0. The molecule has 2 heteroatoms. The summed E-state index contributed by atoms with van der Waals surface area (Å²) in [5, 5.41) is 5.62. The van der Waals surface area contributed by atoms with E-state index in [9.17, 15) is 0 Å². The van der Waals surface area contributed by atoms with Gasteiger partial charge in [0.15, 0.2) is 0 Å². The van der Waals surface area contributed by atoms with Gasteiger partial charge in [-0.25, -0.2) is 5.53 Å². The first-order valence-electron chi connectivity index (χ1n) is 3.77. The lowest BCUT2D eigenvalue weighted by atomic mass is 10.1. The first kappa shape index (κ1) is 6.98. The van der Waals surface area contributed by atoms with Gasteiger partial charge in [-0.2, -0.15) is 5.11 Å². The fourth-order valence-electron chi connectivity index (χ4n) is 1.31. The van der Waals surface area contributed by atoms with E-state index < -0.39 is 0 Å². The number of rotatable bonds is 1. The first-order valence-corrected chi connectivity index (χ1v) is 3.77. The monoisotopic (exact) mass is 156 g/mol. The Hall–Kier alpha value is -1.70. The van der Waals surface area contributed by atoms with Crippen LogP contribution in [0.1, 0.15) is 0 Å². The van der Waals surface area contributed by atoms with Crippen LogP contribution in [0.3, 0.4) is 0 Å². The highest BCUT2D eigenvalue weighted by Gasteiger charge is 1.96. The van der Waals surface area contributed by atoms with Gasteiger partial charge >= 0.3 is 0 Å². The lowest BCUT2D eigenvalue weighted by Crippen LogP contribution is -1.70. The first-order chi connectivity index (χ1) is 5.92. The largest absolute Gasteiger partial charge is 0.204 e. The molecule has 0 aliphatic carbocycles. The van der Waals surface area contributed by atoms with Crippen LogP contribution in [0.5, 0.6) is 0 Å². The zero-order chi connectivity index (χ0) is 8.39. The van der Waals surface area contributed by atoms with E-state index in [4.69, 9.17) is 5.53 Å². The fraction of sp³-hybridized carbons (Fsp3) is 0. The van der Waals surface area contributed by atoms with Crippen LogP contribution >= 0.6 is 0 Å². The second-order valence-corrected chi connectivity index (χ2v) is 2.61. The van der Waals surface area contributed by atoms with Crippen LogP contribution in [0.4, 0.5) is 5.69 Å². The number of nitrogens with one attached hydrogen (secondary N) is 1. The van der Waals surface area contributed by atoms with Crippen molar-refractivity contribution in [1.29, 1.82) is 5.53 Å². The topological polar surface area (TPSA) is 36.2 Å². The summed E-state index contributed by atoms with van der Waals surface area (Å²) in [6, 6.07) is 13.7. The average molecular weight is 156 g/mol. The molecular weight excluding hydrogens is 148 g/mol. The molecule has 0 atom stereocenters. The third kappa shape index (κ3) is 0.975. The van der Waals surface area contributed by atoms with Crippen LogP contribution < -0.4 is 0 Å². The van der Waals surface area contributed by atoms with Crippen LogP contribution in [-0.2, 0) is 0 Å². The summed E-state index contributed by atoms with van der Waals surface area (Å²) in [6.07, 6.45) is 0. The Bertz CT molecular complexity index is 416. The van der Waals surface area contributed by atoms with Crippen molar-refractivity contribution in [3.8, 4) is 0 Å². The molecule has 0 saturated heterocycles. The Morgan fingerprint density at radius 1 is 0.917 bits per heavy atom. The van der Waals surface area contributed by atoms with Crippen molar-refractivity contribution in [3.63, 3.8) is 0 Å². The van der Waals surface area contributed by atoms with Gasteiger partial charge in [-0.05, 0) is 11.5 Å². The third-order valence-corrected chi connectivity index (χ3v) is 1.89. The van der Waals surface area contributed by atoms with Gasteiger partial charge in [0.1, 0.15) is 0 Å². The molecule has 2 nitrogen and oxygen atoms in total. The minimum absolute atomic E-state index is 0.730. The van der Waals surface area contributed by atoms with Crippen LogP contribution in [0.15, 0.2) is 47.6 Å². The van der Waals surface area contributed by atoms with Crippen molar-refractivity contribution in [3.05, 3.63) is 42.5 Å². The Morgan fingerprint density at radius 2 is 1.67 bits per heavy atom. The van der Waals surface area contributed by atoms with Crippen molar-refractivity contribution in [2.75, 3.05) is 0 Å². The summed E-state index contributed by atoms with van der Waals surface area (Å²) in [6.45, 7) is 0. The molecule has 0 saturated carbocycles. The number of hydrogen-bond donors (Lipinski definition) is 1. The summed E-state index contributed by atoms with van der Waals surface area (Å²) in [7, 11) is 0. The lowest BCUT2D eigenvalue weighted by Gasteiger charge is -1.98. The van der Waals surface area contributed by atoms with Gasteiger partial charge in [-0.3, -0.25) is 0 Å².